The maximum Gasteiger partial charge on any atom is 0.306 e. The molecule has 1 saturated heterocycles. The molecule has 1 aliphatic rings. The van der Waals surface area contributed by atoms with Gasteiger partial charge in [-0.2, -0.15) is 0 Å². The molecule has 0 spiro atoms. The molecule has 0 bridgehead atoms. The second-order valence-electron chi connectivity index (χ2n) is 6.69. The lowest BCUT2D eigenvalue weighted by molar-refractivity contribution is -0.147. The number of carbonyl (C=O) groups excluding carboxylic acids is 3. The molecule has 7 nitrogen and oxygen atoms in total. The molecule has 2 aromatic rings. The Bertz CT molecular complexity index is 856. The first kappa shape index (κ1) is 21.0. The standard InChI is InChI=1S/C21H24N2O5S/c1-15-2-8-19(29-15)18(24)7-9-21(26)28-14-20(25)22-16-3-5-17(6-4-16)23-10-12-27-13-11-23/h2-6,8H,7,9-14H2,1H3,(H,22,25). The molecule has 1 fully saturated rings. The van der Waals surface area contributed by atoms with Gasteiger partial charge in [0.05, 0.1) is 24.5 Å². The van der Waals surface area contributed by atoms with Crippen LogP contribution in [0.4, 0.5) is 11.4 Å². The third-order valence-corrected chi connectivity index (χ3v) is 5.50. The van der Waals surface area contributed by atoms with Gasteiger partial charge in [0.25, 0.3) is 5.91 Å². The Kier molecular flexibility index (Phi) is 7.37. The number of anilines is 2. The van der Waals surface area contributed by atoms with E-state index < -0.39 is 11.9 Å². The Balaban J connectivity index is 1.37. The van der Waals surface area contributed by atoms with E-state index in [0.717, 1.165) is 23.7 Å². The molecule has 1 N–H and O–H groups in total. The van der Waals surface area contributed by atoms with Crippen molar-refractivity contribution >= 4 is 40.4 Å². The van der Waals surface area contributed by atoms with Crippen molar-refractivity contribution in [3.05, 3.63) is 46.2 Å². The molecular weight excluding hydrogens is 392 g/mol. The van der Waals surface area contributed by atoms with E-state index in [1.807, 2.05) is 37.3 Å². The fourth-order valence-electron chi connectivity index (χ4n) is 2.92. The summed E-state index contributed by atoms with van der Waals surface area (Å²) in [5, 5.41) is 2.70. The quantitative estimate of drug-likeness (QED) is 0.526. The van der Waals surface area contributed by atoms with E-state index >= 15 is 0 Å². The predicted molar refractivity (Wildman–Crippen MR) is 112 cm³/mol. The van der Waals surface area contributed by atoms with Gasteiger partial charge in [0.1, 0.15) is 0 Å². The molecule has 8 heteroatoms. The van der Waals surface area contributed by atoms with Gasteiger partial charge in [0, 0.05) is 35.8 Å². The summed E-state index contributed by atoms with van der Waals surface area (Å²) in [6.07, 6.45) is 0.0285. The van der Waals surface area contributed by atoms with Gasteiger partial charge in [0.15, 0.2) is 12.4 Å². The predicted octanol–water partition coefficient (Wildman–Crippen LogP) is 3.04. The van der Waals surface area contributed by atoms with Gasteiger partial charge in [-0.1, -0.05) is 0 Å². The van der Waals surface area contributed by atoms with Crippen LogP contribution in [0.1, 0.15) is 27.4 Å². The molecule has 0 unspecified atom stereocenters. The summed E-state index contributed by atoms with van der Waals surface area (Å²) in [6, 6.07) is 11.1. The van der Waals surface area contributed by atoms with Crippen LogP contribution in [0.3, 0.4) is 0 Å². The number of amides is 1. The molecule has 29 heavy (non-hydrogen) atoms. The molecule has 0 radical (unpaired) electrons. The first-order chi connectivity index (χ1) is 14.0. The summed E-state index contributed by atoms with van der Waals surface area (Å²) in [5.74, 6) is -1.08. The number of thiophene rings is 1. The molecule has 0 atom stereocenters. The summed E-state index contributed by atoms with van der Waals surface area (Å²) >= 11 is 1.40. The Labute approximate surface area is 173 Å². The Morgan fingerprint density at radius 1 is 1.07 bits per heavy atom. The number of benzene rings is 1. The van der Waals surface area contributed by atoms with Crippen molar-refractivity contribution in [3.8, 4) is 0 Å². The van der Waals surface area contributed by atoms with Gasteiger partial charge in [-0.25, -0.2) is 0 Å². The molecule has 0 aliphatic carbocycles. The van der Waals surface area contributed by atoms with Crippen molar-refractivity contribution in [2.75, 3.05) is 43.1 Å². The van der Waals surface area contributed by atoms with E-state index in [-0.39, 0.29) is 25.2 Å². The zero-order chi connectivity index (χ0) is 20.6. The molecule has 3 rings (SSSR count). The lowest BCUT2D eigenvalue weighted by Gasteiger charge is -2.28. The first-order valence-corrected chi connectivity index (χ1v) is 10.3. The summed E-state index contributed by atoms with van der Waals surface area (Å²) in [6.45, 7) is 4.65. The largest absolute Gasteiger partial charge is 0.456 e. The van der Waals surface area contributed by atoms with Crippen LogP contribution in [-0.4, -0.2) is 50.6 Å². The topological polar surface area (TPSA) is 84.9 Å². The number of nitrogens with zero attached hydrogens (tertiary/aromatic N) is 1. The normalized spacial score (nSPS) is 13.8. The third kappa shape index (κ3) is 6.40. The highest BCUT2D eigenvalue weighted by Crippen LogP contribution is 2.19. The minimum Gasteiger partial charge on any atom is -0.456 e. The number of hydrogen-bond acceptors (Lipinski definition) is 7. The molecule has 2 heterocycles. The summed E-state index contributed by atoms with van der Waals surface area (Å²) in [4.78, 5) is 39.7. The average Bonchev–Trinajstić information content (AvgIpc) is 3.18. The van der Waals surface area contributed by atoms with E-state index in [4.69, 9.17) is 9.47 Å². The molecular formula is C21H24N2O5S. The molecule has 1 aromatic carbocycles. The number of hydrogen-bond donors (Lipinski definition) is 1. The van der Waals surface area contributed by atoms with Crippen molar-refractivity contribution in [3.63, 3.8) is 0 Å². The maximum atomic E-state index is 12.0. The van der Waals surface area contributed by atoms with E-state index in [9.17, 15) is 14.4 Å². The summed E-state index contributed by atoms with van der Waals surface area (Å²) in [7, 11) is 0. The highest BCUT2D eigenvalue weighted by molar-refractivity contribution is 7.14. The van der Waals surface area contributed by atoms with Crippen LogP contribution in [0.2, 0.25) is 0 Å². The van der Waals surface area contributed by atoms with Crippen LogP contribution in [0.5, 0.6) is 0 Å². The zero-order valence-electron chi connectivity index (χ0n) is 16.3. The number of esters is 1. The van der Waals surface area contributed by atoms with Crippen LogP contribution < -0.4 is 10.2 Å². The summed E-state index contributed by atoms with van der Waals surface area (Å²) in [5.41, 5.74) is 1.70. The number of rotatable bonds is 8. The third-order valence-electron chi connectivity index (χ3n) is 4.46. The lowest BCUT2D eigenvalue weighted by atomic mass is 10.2. The Hall–Kier alpha value is -2.71. The van der Waals surface area contributed by atoms with Crippen LogP contribution in [0.25, 0.3) is 0 Å². The molecule has 0 saturated carbocycles. The number of aryl methyl sites for hydroxylation is 1. The van der Waals surface area contributed by atoms with Crippen molar-refractivity contribution in [1.82, 2.24) is 0 Å². The van der Waals surface area contributed by atoms with E-state index in [1.54, 1.807) is 6.07 Å². The van der Waals surface area contributed by atoms with Crippen molar-refractivity contribution in [2.45, 2.75) is 19.8 Å². The fraction of sp³-hybridized carbons (Fsp3) is 0.381. The Morgan fingerprint density at radius 3 is 2.45 bits per heavy atom. The lowest BCUT2D eigenvalue weighted by Crippen LogP contribution is -2.36. The molecule has 1 aliphatic heterocycles. The SMILES string of the molecule is Cc1ccc(C(=O)CCC(=O)OCC(=O)Nc2ccc(N3CCOCC3)cc2)s1. The van der Waals surface area contributed by atoms with Gasteiger partial charge in [-0.15, -0.1) is 11.3 Å². The second kappa shape index (κ2) is 10.2. The van der Waals surface area contributed by atoms with Crippen molar-refractivity contribution < 1.29 is 23.9 Å². The number of Topliss-reactive ketones (excluding diaryl/α,β-unsaturated/α-hetero) is 1. The monoisotopic (exact) mass is 416 g/mol. The zero-order valence-corrected chi connectivity index (χ0v) is 17.1. The van der Waals surface area contributed by atoms with Gasteiger partial charge < -0.3 is 19.7 Å². The van der Waals surface area contributed by atoms with Crippen molar-refractivity contribution in [2.24, 2.45) is 0 Å². The van der Waals surface area contributed by atoms with E-state index in [0.29, 0.717) is 23.8 Å². The maximum absolute atomic E-state index is 12.0. The number of ether oxygens (including phenoxy) is 2. The van der Waals surface area contributed by atoms with Gasteiger partial charge in [0.2, 0.25) is 0 Å². The Morgan fingerprint density at radius 2 is 1.79 bits per heavy atom. The second-order valence-corrected chi connectivity index (χ2v) is 7.98. The van der Waals surface area contributed by atoms with Crippen LogP contribution in [0.15, 0.2) is 36.4 Å². The average molecular weight is 416 g/mol. The number of nitrogens with one attached hydrogen (secondary N) is 1. The van der Waals surface area contributed by atoms with Crippen LogP contribution in [-0.2, 0) is 19.1 Å². The smallest absolute Gasteiger partial charge is 0.306 e. The fourth-order valence-corrected chi connectivity index (χ4v) is 3.75. The number of carbonyl (C=O) groups is 3. The highest BCUT2D eigenvalue weighted by Gasteiger charge is 2.14. The van der Waals surface area contributed by atoms with Crippen LogP contribution in [0, 0.1) is 6.92 Å². The molecule has 1 amide bonds. The van der Waals surface area contributed by atoms with Crippen LogP contribution >= 0.6 is 11.3 Å². The molecule has 154 valence electrons. The van der Waals surface area contributed by atoms with Gasteiger partial charge >= 0.3 is 5.97 Å². The minimum atomic E-state index is -0.565. The first-order valence-electron chi connectivity index (χ1n) is 9.49. The number of ketones is 1. The van der Waals surface area contributed by atoms with Gasteiger partial charge in [-0.05, 0) is 43.3 Å². The van der Waals surface area contributed by atoms with Crippen molar-refractivity contribution in [1.29, 1.82) is 0 Å². The van der Waals surface area contributed by atoms with E-state index in [1.165, 1.54) is 11.3 Å². The minimum absolute atomic E-state index is 0.0443. The number of morpholine rings is 1. The van der Waals surface area contributed by atoms with E-state index in [2.05, 4.69) is 10.2 Å². The highest BCUT2D eigenvalue weighted by atomic mass is 32.1. The molecule has 1 aromatic heterocycles. The van der Waals surface area contributed by atoms with Gasteiger partial charge in [-0.3, -0.25) is 14.4 Å². The summed E-state index contributed by atoms with van der Waals surface area (Å²) < 4.78 is 10.3.